The van der Waals surface area contributed by atoms with Crippen molar-refractivity contribution in [3.63, 3.8) is 0 Å². The highest BCUT2D eigenvalue weighted by Gasteiger charge is 2.09. The molecule has 3 rings (SSSR count). The molecule has 1 amide bonds. The van der Waals surface area contributed by atoms with Crippen molar-refractivity contribution < 1.29 is 19.0 Å². The molecule has 0 radical (unpaired) electrons. The van der Waals surface area contributed by atoms with E-state index in [1.54, 1.807) is 7.11 Å². The van der Waals surface area contributed by atoms with Crippen LogP contribution in [0.25, 0.3) is 0 Å². The second-order valence-electron chi connectivity index (χ2n) is 9.17. The van der Waals surface area contributed by atoms with Gasteiger partial charge in [0.1, 0.15) is 5.75 Å². The number of ether oxygens (including phenoxy) is 3. The van der Waals surface area contributed by atoms with Crippen LogP contribution >= 0.6 is 0 Å². The number of hydrogen-bond donors (Lipinski definition) is 5. The number of carbonyl (C=O) groups is 1. The Morgan fingerprint density at radius 1 is 0.850 bits per heavy atom. The van der Waals surface area contributed by atoms with Gasteiger partial charge in [0.25, 0.3) is 0 Å². The molecule has 12 nitrogen and oxygen atoms in total. The molecule has 0 saturated heterocycles. The van der Waals surface area contributed by atoms with E-state index in [2.05, 4.69) is 36.2 Å². The molecule has 0 aliphatic heterocycles. The maximum atomic E-state index is 12.3. The zero-order chi connectivity index (χ0) is 28.6. The van der Waals surface area contributed by atoms with Crippen LogP contribution in [0, 0.1) is 0 Å². The van der Waals surface area contributed by atoms with Crippen LogP contribution in [0.3, 0.4) is 0 Å². The number of hydrogen-bond acceptors (Lipinski definition) is 11. The smallest absolute Gasteiger partial charge is 0.233 e. The average Bonchev–Trinajstić information content (AvgIpc) is 2.94. The van der Waals surface area contributed by atoms with Gasteiger partial charge in [0.2, 0.25) is 23.8 Å². The first kappa shape index (κ1) is 30.5. The van der Waals surface area contributed by atoms with E-state index in [9.17, 15) is 4.79 Å². The van der Waals surface area contributed by atoms with Gasteiger partial charge >= 0.3 is 0 Å². The molecule has 0 unspecified atom stereocenters. The fraction of sp³-hybridized carbons (Fsp3) is 0.429. The number of anilines is 4. The third kappa shape index (κ3) is 11.4. The molecule has 0 aliphatic carbocycles. The van der Waals surface area contributed by atoms with Crippen LogP contribution in [0.5, 0.6) is 5.75 Å². The molecule has 0 bridgehead atoms. The summed E-state index contributed by atoms with van der Waals surface area (Å²) >= 11 is 0. The summed E-state index contributed by atoms with van der Waals surface area (Å²) in [6.45, 7) is 7.42. The van der Waals surface area contributed by atoms with Crippen LogP contribution in [0.2, 0.25) is 0 Å². The number of rotatable bonds is 18. The number of methoxy groups -OCH3 is 1. The van der Waals surface area contributed by atoms with Crippen molar-refractivity contribution in [2.75, 3.05) is 62.6 Å². The highest BCUT2D eigenvalue weighted by molar-refractivity contribution is 5.78. The van der Waals surface area contributed by atoms with Crippen molar-refractivity contribution in [3.05, 3.63) is 59.7 Å². The van der Waals surface area contributed by atoms with Crippen molar-refractivity contribution in [3.8, 4) is 5.75 Å². The average molecular weight is 553 g/mol. The van der Waals surface area contributed by atoms with Gasteiger partial charge in [-0.05, 0) is 49.2 Å². The Bertz CT molecular complexity index is 1160. The van der Waals surface area contributed by atoms with Crippen molar-refractivity contribution in [1.29, 1.82) is 0 Å². The topological polar surface area (TPSA) is 158 Å². The van der Waals surface area contributed by atoms with E-state index in [-0.39, 0.29) is 18.4 Å². The van der Waals surface area contributed by atoms with Gasteiger partial charge in [-0.1, -0.05) is 24.3 Å². The first-order chi connectivity index (χ1) is 19.4. The highest BCUT2D eigenvalue weighted by atomic mass is 16.5. The zero-order valence-electron chi connectivity index (χ0n) is 23.4. The standard InChI is InChI=1S/C28H40N8O4/c1-20(2)32-27-34-26(31-19-22-6-10-24(38-3)11-7-22)35-28(36-27)33-23-8-4-21(5-9-23)18-25(37)30-13-15-40-17-16-39-14-12-29/h4-11,20H,12-19,29H2,1-3H3,(H,30,37)(H3,31,32,33,34,35,36). The third-order valence-corrected chi connectivity index (χ3v) is 5.44. The van der Waals surface area contributed by atoms with Gasteiger partial charge in [-0.15, -0.1) is 0 Å². The molecule has 12 heteroatoms. The van der Waals surface area contributed by atoms with E-state index in [0.29, 0.717) is 63.9 Å². The number of benzene rings is 2. The largest absolute Gasteiger partial charge is 0.497 e. The summed E-state index contributed by atoms with van der Waals surface area (Å²) in [5.41, 5.74) is 8.10. The van der Waals surface area contributed by atoms with E-state index in [1.807, 2.05) is 62.4 Å². The molecular formula is C28H40N8O4. The Balaban J connectivity index is 1.51. The lowest BCUT2D eigenvalue weighted by Gasteiger charge is -2.13. The maximum absolute atomic E-state index is 12.3. The van der Waals surface area contributed by atoms with Crippen molar-refractivity contribution >= 4 is 29.4 Å². The summed E-state index contributed by atoms with van der Waals surface area (Å²) in [5, 5.41) is 12.6. The molecule has 1 aromatic heterocycles. The molecule has 40 heavy (non-hydrogen) atoms. The molecule has 0 atom stereocenters. The first-order valence-electron chi connectivity index (χ1n) is 13.3. The van der Waals surface area contributed by atoms with Crippen LogP contribution in [0.15, 0.2) is 48.5 Å². The van der Waals surface area contributed by atoms with Gasteiger partial charge in [-0.25, -0.2) is 0 Å². The normalized spacial score (nSPS) is 10.8. The minimum atomic E-state index is -0.0712. The number of aromatic nitrogens is 3. The number of nitrogens with one attached hydrogen (secondary N) is 4. The van der Waals surface area contributed by atoms with Crippen molar-refractivity contribution in [2.24, 2.45) is 5.73 Å². The highest BCUT2D eigenvalue weighted by Crippen LogP contribution is 2.18. The number of carbonyl (C=O) groups excluding carboxylic acids is 1. The van der Waals surface area contributed by atoms with Gasteiger partial charge < -0.3 is 41.2 Å². The van der Waals surface area contributed by atoms with Crippen LogP contribution in [-0.4, -0.2) is 73.5 Å². The van der Waals surface area contributed by atoms with Gasteiger partial charge in [-0.3, -0.25) is 4.79 Å². The lowest BCUT2D eigenvalue weighted by molar-refractivity contribution is -0.120. The van der Waals surface area contributed by atoms with Crippen molar-refractivity contribution in [1.82, 2.24) is 20.3 Å². The first-order valence-corrected chi connectivity index (χ1v) is 13.3. The second-order valence-corrected chi connectivity index (χ2v) is 9.17. The quantitative estimate of drug-likeness (QED) is 0.148. The Morgan fingerprint density at radius 3 is 2.17 bits per heavy atom. The van der Waals surface area contributed by atoms with E-state index >= 15 is 0 Å². The molecule has 0 saturated carbocycles. The Morgan fingerprint density at radius 2 is 1.50 bits per heavy atom. The number of nitrogens with zero attached hydrogens (tertiary/aromatic N) is 3. The lowest BCUT2D eigenvalue weighted by Crippen LogP contribution is -2.29. The second kappa shape index (κ2) is 16.9. The van der Waals surface area contributed by atoms with Gasteiger partial charge in [0, 0.05) is 31.4 Å². The predicted molar refractivity (Wildman–Crippen MR) is 156 cm³/mol. The predicted octanol–water partition coefficient (Wildman–Crippen LogP) is 2.71. The van der Waals surface area contributed by atoms with E-state index < -0.39 is 0 Å². The number of amides is 1. The van der Waals surface area contributed by atoms with Crippen LogP contribution in [0.4, 0.5) is 23.5 Å². The minimum absolute atomic E-state index is 0.0712. The van der Waals surface area contributed by atoms with E-state index in [1.165, 1.54) is 0 Å². The molecule has 2 aromatic carbocycles. The van der Waals surface area contributed by atoms with Gasteiger partial charge in [-0.2, -0.15) is 15.0 Å². The summed E-state index contributed by atoms with van der Waals surface area (Å²) in [6.07, 6.45) is 0.271. The number of nitrogens with two attached hydrogens (primary N) is 1. The molecule has 1 heterocycles. The molecule has 0 fully saturated rings. The lowest BCUT2D eigenvalue weighted by atomic mass is 10.1. The summed E-state index contributed by atoms with van der Waals surface area (Å²) in [7, 11) is 1.64. The van der Waals surface area contributed by atoms with Crippen LogP contribution < -0.4 is 31.7 Å². The molecular weight excluding hydrogens is 512 g/mol. The maximum Gasteiger partial charge on any atom is 0.233 e. The summed E-state index contributed by atoms with van der Waals surface area (Å²) < 4.78 is 15.9. The Kier molecular flexibility index (Phi) is 12.9. The van der Waals surface area contributed by atoms with Crippen LogP contribution in [0.1, 0.15) is 25.0 Å². The third-order valence-electron chi connectivity index (χ3n) is 5.44. The van der Waals surface area contributed by atoms with E-state index in [4.69, 9.17) is 19.9 Å². The summed E-state index contributed by atoms with van der Waals surface area (Å²) in [4.78, 5) is 25.8. The molecule has 3 aromatic rings. The zero-order valence-corrected chi connectivity index (χ0v) is 23.4. The fourth-order valence-corrected chi connectivity index (χ4v) is 3.51. The SMILES string of the molecule is COc1ccc(CNc2nc(Nc3ccc(CC(=O)NCCOCCOCCN)cc3)nc(NC(C)C)n2)cc1. The monoisotopic (exact) mass is 552 g/mol. The fourth-order valence-electron chi connectivity index (χ4n) is 3.51. The Hall–Kier alpha value is -4.00. The summed E-state index contributed by atoms with van der Waals surface area (Å²) in [6, 6.07) is 15.5. The van der Waals surface area contributed by atoms with Crippen molar-refractivity contribution in [2.45, 2.75) is 32.9 Å². The molecule has 216 valence electrons. The van der Waals surface area contributed by atoms with Gasteiger partial charge in [0.05, 0.1) is 40.0 Å². The van der Waals surface area contributed by atoms with E-state index in [0.717, 1.165) is 22.6 Å². The van der Waals surface area contributed by atoms with Gasteiger partial charge in [0.15, 0.2) is 0 Å². The molecule has 6 N–H and O–H groups in total. The van der Waals surface area contributed by atoms with Crippen LogP contribution in [-0.2, 0) is 27.2 Å². The molecule has 0 aliphatic rings. The minimum Gasteiger partial charge on any atom is -0.497 e. The Labute approximate surface area is 235 Å². The molecule has 0 spiro atoms. The summed E-state index contributed by atoms with van der Waals surface area (Å²) in [5.74, 6) is 2.03.